The molecule has 150 valence electrons. The summed E-state index contributed by atoms with van der Waals surface area (Å²) in [6, 6.07) is 10.3. The van der Waals surface area contributed by atoms with Crippen molar-refractivity contribution in [1.29, 1.82) is 0 Å². The molecule has 0 saturated carbocycles. The molecule has 1 aromatic carbocycles. The van der Waals surface area contributed by atoms with Gasteiger partial charge in [0.05, 0.1) is 5.75 Å². The van der Waals surface area contributed by atoms with Crippen LogP contribution in [0.15, 0.2) is 41.4 Å². The van der Waals surface area contributed by atoms with Gasteiger partial charge in [-0.15, -0.1) is 0 Å². The second kappa shape index (κ2) is 11.1. The highest BCUT2D eigenvalue weighted by Gasteiger charge is 2.18. The van der Waals surface area contributed by atoms with Crippen molar-refractivity contribution in [3.8, 4) is 0 Å². The van der Waals surface area contributed by atoms with Crippen molar-refractivity contribution in [1.82, 2.24) is 19.8 Å². The largest absolute Gasteiger partial charge is 0.355 e. The SMILES string of the molecule is CCS(=O)(=O)NCCNC(=NC)N1CCN(CC=Cc2ccccc2)CC1. The summed E-state index contributed by atoms with van der Waals surface area (Å²) in [5.41, 5.74) is 1.22. The van der Waals surface area contributed by atoms with Gasteiger partial charge in [0, 0.05) is 52.9 Å². The normalized spacial score (nSPS) is 16.8. The molecule has 7 nitrogen and oxygen atoms in total. The van der Waals surface area contributed by atoms with Crippen LogP contribution in [0.1, 0.15) is 12.5 Å². The van der Waals surface area contributed by atoms with E-state index in [0.29, 0.717) is 13.1 Å². The molecule has 0 unspecified atom stereocenters. The maximum atomic E-state index is 11.4. The van der Waals surface area contributed by atoms with Crippen LogP contribution in [0.5, 0.6) is 0 Å². The van der Waals surface area contributed by atoms with Gasteiger partial charge < -0.3 is 10.2 Å². The van der Waals surface area contributed by atoms with Crippen LogP contribution in [0, 0.1) is 0 Å². The van der Waals surface area contributed by atoms with Crippen molar-refractivity contribution in [3.63, 3.8) is 0 Å². The van der Waals surface area contributed by atoms with Crippen LogP contribution in [0.25, 0.3) is 6.08 Å². The summed E-state index contributed by atoms with van der Waals surface area (Å²) in [6.07, 6.45) is 4.36. The molecule has 1 saturated heterocycles. The average molecular weight is 394 g/mol. The van der Waals surface area contributed by atoms with Crippen molar-refractivity contribution in [2.75, 3.05) is 58.6 Å². The van der Waals surface area contributed by atoms with Crippen LogP contribution < -0.4 is 10.0 Å². The summed E-state index contributed by atoms with van der Waals surface area (Å²) >= 11 is 0. The molecule has 1 aliphatic rings. The highest BCUT2D eigenvalue weighted by Crippen LogP contribution is 2.05. The summed E-state index contributed by atoms with van der Waals surface area (Å²) < 4.78 is 25.4. The molecule has 0 spiro atoms. The van der Waals surface area contributed by atoms with Crippen molar-refractivity contribution in [3.05, 3.63) is 42.0 Å². The number of benzene rings is 1. The van der Waals surface area contributed by atoms with Gasteiger partial charge in [-0.2, -0.15) is 0 Å². The number of rotatable bonds is 8. The molecule has 0 atom stereocenters. The van der Waals surface area contributed by atoms with Crippen LogP contribution in [0.2, 0.25) is 0 Å². The first kappa shape index (κ1) is 21.4. The van der Waals surface area contributed by atoms with Crippen molar-refractivity contribution in [2.24, 2.45) is 4.99 Å². The predicted octanol–water partition coefficient (Wildman–Crippen LogP) is 0.832. The summed E-state index contributed by atoms with van der Waals surface area (Å²) in [5, 5.41) is 3.23. The first-order valence-corrected chi connectivity index (χ1v) is 11.1. The first-order valence-electron chi connectivity index (χ1n) is 9.41. The molecule has 0 radical (unpaired) electrons. The minimum absolute atomic E-state index is 0.0996. The molecule has 1 heterocycles. The molecule has 0 bridgehead atoms. The number of hydrogen-bond acceptors (Lipinski definition) is 4. The number of aliphatic imine (C=N–C) groups is 1. The molecule has 1 aromatic rings. The zero-order valence-electron chi connectivity index (χ0n) is 16.3. The molecule has 2 N–H and O–H groups in total. The molecule has 1 fully saturated rings. The third-order valence-corrected chi connectivity index (χ3v) is 5.87. The lowest BCUT2D eigenvalue weighted by molar-refractivity contribution is 0.194. The van der Waals surface area contributed by atoms with E-state index in [1.165, 1.54) is 5.56 Å². The predicted molar refractivity (Wildman–Crippen MR) is 112 cm³/mol. The van der Waals surface area contributed by atoms with Gasteiger partial charge in [-0.3, -0.25) is 9.89 Å². The maximum absolute atomic E-state index is 11.4. The lowest BCUT2D eigenvalue weighted by atomic mass is 10.2. The maximum Gasteiger partial charge on any atom is 0.211 e. The van der Waals surface area contributed by atoms with E-state index in [2.05, 4.69) is 49.1 Å². The topological polar surface area (TPSA) is 77.0 Å². The lowest BCUT2D eigenvalue weighted by Gasteiger charge is -2.36. The van der Waals surface area contributed by atoms with Crippen LogP contribution >= 0.6 is 0 Å². The zero-order chi connectivity index (χ0) is 19.5. The van der Waals surface area contributed by atoms with E-state index in [0.717, 1.165) is 38.7 Å². The Bertz CT molecular complexity index is 711. The number of sulfonamides is 1. The second-order valence-electron chi connectivity index (χ2n) is 6.37. The van der Waals surface area contributed by atoms with E-state index in [1.54, 1.807) is 14.0 Å². The lowest BCUT2D eigenvalue weighted by Crippen LogP contribution is -2.53. The number of piperazine rings is 1. The fraction of sp³-hybridized carbons (Fsp3) is 0.526. The Hall–Kier alpha value is -1.90. The van der Waals surface area contributed by atoms with Gasteiger partial charge in [-0.25, -0.2) is 13.1 Å². The Morgan fingerprint density at radius 2 is 1.85 bits per heavy atom. The Morgan fingerprint density at radius 1 is 1.15 bits per heavy atom. The number of hydrogen-bond donors (Lipinski definition) is 2. The summed E-state index contributed by atoms with van der Waals surface area (Å²) in [6.45, 7) is 7.20. The van der Waals surface area contributed by atoms with Crippen molar-refractivity contribution < 1.29 is 8.42 Å². The molecule has 0 amide bonds. The van der Waals surface area contributed by atoms with Crippen LogP contribution in [0.3, 0.4) is 0 Å². The highest BCUT2D eigenvalue weighted by molar-refractivity contribution is 7.89. The Kier molecular flexibility index (Phi) is 8.77. The van der Waals surface area contributed by atoms with E-state index < -0.39 is 10.0 Å². The van der Waals surface area contributed by atoms with Crippen molar-refractivity contribution in [2.45, 2.75) is 6.92 Å². The summed E-state index contributed by atoms with van der Waals surface area (Å²) in [5.74, 6) is 0.924. The van der Waals surface area contributed by atoms with Crippen LogP contribution in [0.4, 0.5) is 0 Å². The molecule has 0 aromatic heterocycles. The standard InChI is InChI=1S/C19H31N5O2S/c1-3-27(25,26)22-12-11-21-19(20-2)24-16-14-23(15-17-24)13-7-10-18-8-5-4-6-9-18/h4-10,22H,3,11-17H2,1-2H3,(H,20,21). The van der Waals surface area contributed by atoms with Gasteiger partial charge in [0.1, 0.15) is 0 Å². The Morgan fingerprint density at radius 3 is 2.48 bits per heavy atom. The number of nitrogens with one attached hydrogen (secondary N) is 2. The minimum Gasteiger partial charge on any atom is -0.355 e. The average Bonchev–Trinajstić information content (AvgIpc) is 2.70. The summed E-state index contributed by atoms with van der Waals surface area (Å²) in [7, 11) is -1.38. The zero-order valence-corrected chi connectivity index (χ0v) is 17.1. The molecule has 2 rings (SSSR count). The van der Waals surface area contributed by atoms with Gasteiger partial charge in [-0.1, -0.05) is 42.5 Å². The van der Waals surface area contributed by atoms with Crippen LogP contribution in [-0.2, 0) is 10.0 Å². The quantitative estimate of drug-likeness (QED) is 0.389. The number of nitrogens with zero attached hydrogens (tertiary/aromatic N) is 3. The van der Waals surface area contributed by atoms with Gasteiger partial charge in [-0.05, 0) is 12.5 Å². The Balaban J connectivity index is 1.69. The highest BCUT2D eigenvalue weighted by atomic mass is 32.2. The van der Waals surface area contributed by atoms with Crippen LogP contribution in [-0.4, -0.2) is 82.8 Å². The number of guanidine groups is 1. The third-order valence-electron chi connectivity index (χ3n) is 4.47. The van der Waals surface area contributed by atoms with E-state index in [9.17, 15) is 8.42 Å². The van der Waals surface area contributed by atoms with E-state index in [4.69, 9.17) is 0 Å². The first-order chi connectivity index (χ1) is 13.0. The fourth-order valence-electron chi connectivity index (χ4n) is 2.86. The fourth-order valence-corrected chi connectivity index (χ4v) is 3.48. The van der Waals surface area contributed by atoms with Crippen molar-refractivity contribution >= 4 is 22.1 Å². The molecule has 0 aliphatic carbocycles. The molecular weight excluding hydrogens is 362 g/mol. The molecule has 8 heteroatoms. The van der Waals surface area contributed by atoms with E-state index in [1.807, 2.05) is 18.2 Å². The summed E-state index contributed by atoms with van der Waals surface area (Å²) in [4.78, 5) is 8.94. The van der Waals surface area contributed by atoms with Gasteiger partial charge >= 0.3 is 0 Å². The van der Waals surface area contributed by atoms with E-state index >= 15 is 0 Å². The molecule has 1 aliphatic heterocycles. The molecular formula is C19H31N5O2S. The van der Waals surface area contributed by atoms with Gasteiger partial charge in [0.25, 0.3) is 0 Å². The Labute approximate surface area is 163 Å². The van der Waals surface area contributed by atoms with E-state index in [-0.39, 0.29) is 5.75 Å². The minimum atomic E-state index is -3.14. The smallest absolute Gasteiger partial charge is 0.211 e. The third kappa shape index (κ3) is 7.70. The second-order valence-corrected chi connectivity index (χ2v) is 8.47. The monoisotopic (exact) mass is 393 g/mol. The van der Waals surface area contributed by atoms with Gasteiger partial charge in [0.15, 0.2) is 5.96 Å². The molecule has 27 heavy (non-hydrogen) atoms. The van der Waals surface area contributed by atoms with Gasteiger partial charge in [0.2, 0.25) is 10.0 Å².